The summed E-state index contributed by atoms with van der Waals surface area (Å²) in [5.74, 6) is -0.415. The SMILES string of the molecule is COc1cc2c(cc1F)c(=O)cc(C)n2CCCCO. The van der Waals surface area contributed by atoms with Gasteiger partial charge in [0.25, 0.3) is 0 Å². The second-order valence-electron chi connectivity index (χ2n) is 4.74. The van der Waals surface area contributed by atoms with Gasteiger partial charge in [0.15, 0.2) is 17.0 Å². The van der Waals surface area contributed by atoms with Gasteiger partial charge in [-0.15, -0.1) is 0 Å². The van der Waals surface area contributed by atoms with Crippen molar-refractivity contribution in [2.45, 2.75) is 26.3 Å². The Morgan fingerprint density at radius 3 is 2.70 bits per heavy atom. The summed E-state index contributed by atoms with van der Waals surface area (Å²) >= 11 is 0. The zero-order valence-electron chi connectivity index (χ0n) is 11.6. The number of halogens is 1. The van der Waals surface area contributed by atoms with Crippen molar-refractivity contribution in [3.05, 3.63) is 39.9 Å². The first kappa shape index (κ1) is 14.5. The first-order valence-electron chi connectivity index (χ1n) is 6.57. The maximum Gasteiger partial charge on any atom is 0.189 e. The van der Waals surface area contributed by atoms with E-state index in [0.717, 1.165) is 12.1 Å². The van der Waals surface area contributed by atoms with Crippen LogP contribution in [0.1, 0.15) is 18.5 Å². The molecule has 0 amide bonds. The molecule has 1 aromatic carbocycles. The third kappa shape index (κ3) is 2.67. The fourth-order valence-corrected chi connectivity index (χ4v) is 2.33. The molecule has 0 bridgehead atoms. The van der Waals surface area contributed by atoms with Crippen molar-refractivity contribution in [3.8, 4) is 5.75 Å². The maximum atomic E-state index is 13.7. The quantitative estimate of drug-likeness (QED) is 0.854. The van der Waals surface area contributed by atoms with Crippen molar-refractivity contribution in [1.29, 1.82) is 0 Å². The molecule has 0 aliphatic carbocycles. The number of hydrogen-bond donors (Lipinski definition) is 1. The number of unbranched alkanes of at least 4 members (excludes halogenated alkanes) is 1. The summed E-state index contributed by atoms with van der Waals surface area (Å²) in [6, 6.07) is 4.28. The molecule has 1 N–H and O–H groups in total. The Bertz CT molecular complexity index is 679. The topological polar surface area (TPSA) is 51.5 Å². The average molecular weight is 279 g/mol. The highest BCUT2D eigenvalue weighted by atomic mass is 19.1. The van der Waals surface area contributed by atoms with E-state index in [-0.39, 0.29) is 17.8 Å². The standard InChI is InChI=1S/C15H18FNO3/c1-10-7-14(19)11-8-12(16)15(20-2)9-13(11)17(10)5-3-4-6-18/h7-9,18H,3-6H2,1-2H3. The van der Waals surface area contributed by atoms with Crippen LogP contribution in [0.15, 0.2) is 23.0 Å². The van der Waals surface area contributed by atoms with Crippen LogP contribution in [0.4, 0.5) is 4.39 Å². The highest BCUT2D eigenvalue weighted by Gasteiger charge is 2.11. The van der Waals surface area contributed by atoms with Crippen molar-refractivity contribution < 1.29 is 14.2 Å². The van der Waals surface area contributed by atoms with Crippen LogP contribution in [0.3, 0.4) is 0 Å². The fraction of sp³-hybridized carbons (Fsp3) is 0.400. The first-order chi connectivity index (χ1) is 9.58. The van der Waals surface area contributed by atoms with Gasteiger partial charge in [-0.3, -0.25) is 4.79 Å². The molecule has 1 aromatic heterocycles. The van der Waals surface area contributed by atoms with Crippen molar-refractivity contribution in [1.82, 2.24) is 4.57 Å². The van der Waals surface area contributed by atoms with Crippen molar-refractivity contribution >= 4 is 10.9 Å². The number of pyridine rings is 1. The number of benzene rings is 1. The monoisotopic (exact) mass is 279 g/mol. The number of ether oxygens (including phenoxy) is 1. The van der Waals surface area contributed by atoms with E-state index >= 15 is 0 Å². The smallest absolute Gasteiger partial charge is 0.189 e. The number of aryl methyl sites for hydroxylation is 2. The van der Waals surface area contributed by atoms with Crippen LogP contribution >= 0.6 is 0 Å². The molecule has 20 heavy (non-hydrogen) atoms. The Morgan fingerprint density at radius 2 is 2.05 bits per heavy atom. The van der Waals surface area contributed by atoms with Crippen LogP contribution in [-0.2, 0) is 6.54 Å². The molecule has 4 nitrogen and oxygen atoms in total. The minimum Gasteiger partial charge on any atom is -0.494 e. The largest absolute Gasteiger partial charge is 0.494 e. The maximum absolute atomic E-state index is 13.7. The number of nitrogens with zero attached hydrogens (tertiary/aromatic N) is 1. The molecule has 2 rings (SSSR count). The molecule has 108 valence electrons. The zero-order valence-corrected chi connectivity index (χ0v) is 11.6. The van der Waals surface area contributed by atoms with Crippen LogP contribution in [0, 0.1) is 12.7 Å². The number of hydrogen-bond acceptors (Lipinski definition) is 3. The summed E-state index contributed by atoms with van der Waals surface area (Å²) in [5.41, 5.74) is 1.28. The summed E-state index contributed by atoms with van der Waals surface area (Å²) in [6.07, 6.45) is 1.47. The molecule has 0 atom stereocenters. The number of aliphatic hydroxyl groups is 1. The third-order valence-electron chi connectivity index (χ3n) is 3.38. The lowest BCUT2D eigenvalue weighted by Crippen LogP contribution is -2.13. The van der Waals surface area contributed by atoms with E-state index < -0.39 is 5.82 Å². The Morgan fingerprint density at radius 1 is 1.30 bits per heavy atom. The van der Waals surface area contributed by atoms with Gasteiger partial charge in [0.2, 0.25) is 0 Å². The van der Waals surface area contributed by atoms with Crippen LogP contribution in [0.25, 0.3) is 10.9 Å². The number of aromatic nitrogens is 1. The van der Waals surface area contributed by atoms with E-state index in [4.69, 9.17) is 9.84 Å². The van der Waals surface area contributed by atoms with E-state index in [1.807, 2.05) is 11.5 Å². The molecule has 0 aliphatic heterocycles. The highest BCUT2D eigenvalue weighted by molar-refractivity contribution is 5.81. The van der Waals surface area contributed by atoms with Crippen LogP contribution in [0.2, 0.25) is 0 Å². The van der Waals surface area contributed by atoms with Crippen LogP contribution in [-0.4, -0.2) is 23.4 Å². The first-order valence-corrected chi connectivity index (χ1v) is 6.57. The van der Waals surface area contributed by atoms with Gasteiger partial charge in [0.1, 0.15) is 0 Å². The Labute approximate surface area is 116 Å². The molecule has 5 heteroatoms. The van der Waals surface area contributed by atoms with E-state index in [0.29, 0.717) is 23.9 Å². The molecule has 0 spiro atoms. The summed E-state index contributed by atoms with van der Waals surface area (Å²) < 4.78 is 20.7. The molecule has 0 radical (unpaired) electrons. The molecule has 1 heterocycles. The predicted octanol–water partition coefficient (Wildman–Crippen LogP) is 2.23. The summed E-state index contributed by atoms with van der Waals surface area (Å²) in [5, 5.41) is 9.21. The van der Waals surface area contributed by atoms with E-state index in [1.54, 1.807) is 6.07 Å². The van der Waals surface area contributed by atoms with Gasteiger partial charge in [-0.05, 0) is 25.8 Å². The molecule has 2 aromatic rings. The minimum absolute atomic E-state index is 0.124. The van der Waals surface area contributed by atoms with Crippen LogP contribution in [0.5, 0.6) is 5.75 Å². The molecular weight excluding hydrogens is 261 g/mol. The predicted molar refractivity (Wildman–Crippen MR) is 75.8 cm³/mol. The van der Waals surface area contributed by atoms with Crippen molar-refractivity contribution in [2.24, 2.45) is 0 Å². The summed E-state index contributed by atoms with van der Waals surface area (Å²) in [7, 11) is 1.40. The van der Waals surface area contributed by atoms with E-state index in [2.05, 4.69) is 0 Å². The Hall–Kier alpha value is -1.88. The fourth-order valence-electron chi connectivity index (χ4n) is 2.33. The Balaban J connectivity index is 2.62. The number of fused-ring (bicyclic) bond motifs is 1. The average Bonchev–Trinajstić information content (AvgIpc) is 2.42. The van der Waals surface area contributed by atoms with Crippen LogP contribution < -0.4 is 10.2 Å². The number of methoxy groups -OCH3 is 1. The second kappa shape index (κ2) is 6.05. The lowest BCUT2D eigenvalue weighted by Gasteiger charge is -2.15. The molecule has 0 unspecified atom stereocenters. The minimum atomic E-state index is -0.539. The van der Waals surface area contributed by atoms with E-state index in [9.17, 15) is 9.18 Å². The lowest BCUT2D eigenvalue weighted by molar-refractivity contribution is 0.281. The number of rotatable bonds is 5. The van der Waals surface area contributed by atoms with Gasteiger partial charge < -0.3 is 14.4 Å². The van der Waals surface area contributed by atoms with Crippen molar-refractivity contribution in [2.75, 3.05) is 13.7 Å². The van der Waals surface area contributed by atoms with Gasteiger partial charge in [-0.25, -0.2) is 4.39 Å². The Kier molecular flexibility index (Phi) is 4.39. The lowest BCUT2D eigenvalue weighted by atomic mass is 10.1. The van der Waals surface area contributed by atoms with Crippen molar-refractivity contribution in [3.63, 3.8) is 0 Å². The third-order valence-corrected chi connectivity index (χ3v) is 3.38. The highest BCUT2D eigenvalue weighted by Crippen LogP contribution is 2.24. The molecular formula is C15H18FNO3. The number of aliphatic hydroxyl groups excluding tert-OH is 1. The molecule has 0 saturated heterocycles. The summed E-state index contributed by atoms with van der Waals surface area (Å²) in [6.45, 7) is 2.64. The van der Waals surface area contributed by atoms with Gasteiger partial charge >= 0.3 is 0 Å². The van der Waals surface area contributed by atoms with Gasteiger partial charge in [0.05, 0.1) is 12.6 Å². The van der Waals surface area contributed by atoms with E-state index in [1.165, 1.54) is 19.2 Å². The van der Waals surface area contributed by atoms with Gasteiger partial charge in [0, 0.05) is 36.4 Å². The van der Waals surface area contributed by atoms with Gasteiger partial charge in [-0.1, -0.05) is 0 Å². The zero-order chi connectivity index (χ0) is 14.7. The molecule has 0 saturated carbocycles. The normalized spacial score (nSPS) is 11.0. The molecule has 0 fully saturated rings. The van der Waals surface area contributed by atoms with Gasteiger partial charge in [-0.2, -0.15) is 0 Å². The molecule has 0 aliphatic rings. The summed E-state index contributed by atoms with van der Waals surface area (Å²) in [4.78, 5) is 12.0. The second-order valence-corrected chi connectivity index (χ2v) is 4.74.